The number of rotatable bonds is 3. The molecule has 0 amide bonds. The highest BCUT2D eigenvalue weighted by atomic mass is 19.4. The molecule has 2 unspecified atom stereocenters. The van der Waals surface area contributed by atoms with E-state index in [0.717, 1.165) is 0 Å². The van der Waals surface area contributed by atoms with E-state index in [-0.39, 0.29) is 0 Å². The van der Waals surface area contributed by atoms with Crippen LogP contribution < -0.4 is 5.32 Å². The van der Waals surface area contributed by atoms with Crippen LogP contribution in [0, 0.1) is 11.7 Å². The summed E-state index contributed by atoms with van der Waals surface area (Å²) >= 11 is 0. The zero-order valence-electron chi connectivity index (χ0n) is 13.2. The van der Waals surface area contributed by atoms with E-state index in [1.807, 2.05) is 0 Å². The molecule has 0 aromatic heterocycles. The molecule has 2 aliphatic rings. The molecule has 0 saturated carbocycles. The van der Waals surface area contributed by atoms with Gasteiger partial charge in [0, 0.05) is 5.92 Å². The summed E-state index contributed by atoms with van der Waals surface area (Å²) in [6, 6.07) is 5.53. The van der Waals surface area contributed by atoms with E-state index in [1.165, 1.54) is 24.3 Å². The zero-order valence-corrected chi connectivity index (χ0v) is 13.2. The van der Waals surface area contributed by atoms with Crippen molar-refractivity contribution < 1.29 is 27.4 Å². The third kappa shape index (κ3) is 3.43. The molecule has 3 rings (SSSR count). The van der Waals surface area contributed by atoms with Crippen molar-refractivity contribution in [3.05, 3.63) is 35.6 Å². The number of alkyl halides is 3. The van der Waals surface area contributed by atoms with E-state index in [0.29, 0.717) is 37.9 Å². The van der Waals surface area contributed by atoms with E-state index in [2.05, 4.69) is 5.32 Å². The molecule has 2 fully saturated rings. The van der Waals surface area contributed by atoms with E-state index < -0.39 is 42.1 Å². The molecule has 0 aliphatic carbocycles. The van der Waals surface area contributed by atoms with E-state index in [9.17, 15) is 22.7 Å². The highest BCUT2D eigenvalue weighted by Gasteiger charge is 2.56. The number of piperidine rings is 1. The third-order valence-corrected chi connectivity index (χ3v) is 5.20. The van der Waals surface area contributed by atoms with Gasteiger partial charge in [0.2, 0.25) is 0 Å². The van der Waals surface area contributed by atoms with Crippen LogP contribution in [0.4, 0.5) is 17.6 Å². The summed E-state index contributed by atoms with van der Waals surface area (Å²) in [7, 11) is 0. The standard InChI is InChI=1S/C17H21F4NO2/c18-12-3-1-11(2-4-12)13-9-16(5-7-22-8-6-16)24-15(13)14(10-23)17(19,20)21/h1-4,13-15,22-23H,5-10H2/t13?,14?,15-/m1/s1. The quantitative estimate of drug-likeness (QED) is 0.826. The minimum absolute atomic E-state index is 0.430. The first-order chi connectivity index (χ1) is 11.3. The third-order valence-electron chi connectivity index (χ3n) is 5.20. The second-order valence-electron chi connectivity index (χ2n) is 6.71. The number of hydrogen-bond donors (Lipinski definition) is 2. The van der Waals surface area contributed by atoms with Gasteiger partial charge >= 0.3 is 6.18 Å². The predicted octanol–water partition coefficient (Wildman–Crippen LogP) is 2.99. The predicted molar refractivity (Wildman–Crippen MR) is 80.1 cm³/mol. The molecule has 2 heterocycles. The molecule has 2 saturated heterocycles. The number of halogens is 4. The van der Waals surface area contributed by atoms with Gasteiger partial charge in [0.25, 0.3) is 0 Å². The summed E-state index contributed by atoms with van der Waals surface area (Å²) < 4.78 is 59.2. The first kappa shape index (κ1) is 17.6. The van der Waals surface area contributed by atoms with Gasteiger partial charge < -0.3 is 15.2 Å². The number of hydrogen-bond acceptors (Lipinski definition) is 3. The van der Waals surface area contributed by atoms with Crippen LogP contribution in [0.25, 0.3) is 0 Å². The first-order valence-corrected chi connectivity index (χ1v) is 8.16. The monoisotopic (exact) mass is 347 g/mol. The number of benzene rings is 1. The van der Waals surface area contributed by atoms with Gasteiger partial charge in [0.05, 0.1) is 18.3 Å². The van der Waals surface area contributed by atoms with Crippen LogP contribution in [0.2, 0.25) is 0 Å². The van der Waals surface area contributed by atoms with Crippen molar-refractivity contribution in [1.82, 2.24) is 5.32 Å². The van der Waals surface area contributed by atoms with Crippen molar-refractivity contribution >= 4 is 0 Å². The molecule has 7 heteroatoms. The molecule has 2 N–H and O–H groups in total. The fraction of sp³-hybridized carbons (Fsp3) is 0.647. The molecule has 134 valence electrons. The normalized spacial score (nSPS) is 28.2. The van der Waals surface area contributed by atoms with Crippen LogP contribution in [0.1, 0.15) is 30.7 Å². The van der Waals surface area contributed by atoms with Crippen LogP contribution in [0.5, 0.6) is 0 Å². The van der Waals surface area contributed by atoms with E-state index >= 15 is 0 Å². The zero-order chi connectivity index (χ0) is 17.4. The molecule has 3 nitrogen and oxygen atoms in total. The lowest BCUT2D eigenvalue weighted by Gasteiger charge is -2.35. The molecule has 0 bridgehead atoms. The SMILES string of the molecule is OCC([C@@H]1OC2(CCNCC2)CC1c1ccc(F)cc1)C(F)(F)F. The molecule has 1 aromatic rings. The van der Waals surface area contributed by atoms with Gasteiger partial charge in [-0.25, -0.2) is 4.39 Å². The van der Waals surface area contributed by atoms with Gasteiger partial charge in [-0.3, -0.25) is 0 Å². The maximum absolute atomic E-state index is 13.4. The topological polar surface area (TPSA) is 41.5 Å². The largest absolute Gasteiger partial charge is 0.396 e. The lowest BCUT2D eigenvalue weighted by Crippen LogP contribution is -2.44. The summed E-state index contributed by atoms with van der Waals surface area (Å²) in [4.78, 5) is 0. The van der Waals surface area contributed by atoms with Gasteiger partial charge in [-0.1, -0.05) is 12.1 Å². The van der Waals surface area contributed by atoms with E-state index in [1.54, 1.807) is 0 Å². The summed E-state index contributed by atoms with van der Waals surface area (Å²) in [6.07, 6.45) is -3.97. The molecule has 1 aromatic carbocycles. The summed E-state index contributed by atoms with van der Waals surface area (Å²) in [5.41, 5.74) is 0.0210. The fourth-order valence-corrected chi connectivity index (χ4v) is 3.91. The summed E-state index contributed by atoms with van der Waals surface area (Å²) in [5, 5.41) is 12.5. The van der Waals surface area contributed by atoms with Crippen molar-refractivity contribution in [1.29, 1.82) is 0 Å². The van der Waals surface area contributed by atoms with E-state index in [4.69, 9.17) is 4.74 Å². The van der Waals surface area contributed by atoms with Crippen molar-refractivity contribution in [3.63, 3.8) is 0 Å². The Morgan fingerprint density at radius 2 is 1.83 bits per heavy atom. The Balaban J connectivity index is 1.93. The molecular weight excluding hydrogens is 326 g/mol. The second kappa shape index (κ2) is 6.61. The number of nitrogens with one attached hydrogen (secondary N) is 1. The van der Waals surface area contributed by atoms with Crippen LogP contribution in [0.15, 0.2) is 24.3 Å². The minimum atomic E-state index is -4.55. The second-order valence-corrected chi connectivity index (χ2v) is 6.71. The van der Waals surface area contributed by atoms with Crippen LogP contribution >= 0.6 is 0 Å². The van der Waals surface area contributed by atoms with Crippen LogP contribution in [-0.2, 0) is 4.74 Å². The molecule has 0 radical (unpaired) electrons. The molecule has 3 atom stereocenters. The van der Waals surface area contributed by atoms with Crippen LogP contribution in [-0.4, -0.2) is 42.7 Å². The number of aliphatic hydroxyl groups is 1. The summed E-state index contributed by atoms with van der Waals surface area (Å²) in [5.74, 6) is -2.88. The van der Waals surface area contributed by atoms with Gasteiger partial charge in [0.15, 0.2) is 0 Å². The van der Waals surface area contributed by atoms with Crippen molar-refractivity contribution in [3.8, 4) is 0 Å². The maximum Gasteiger partial charge on any atom is 0.396 e. The van der Waals surface area contributed by atoms with Crippen molar-refractivity contribution in [2.24, 2.45) is 5.92 Å². The van der Waals surface area contributed by atoms with Gasteiger partial charge in [0.1, 0.15) is 11.7 Å². The Morgan fingerprint density at radius 1 is 1.21 bits per heavy atom. The van der Waals surface area contributed by atoms with Gasteiger partial charge in [-0.15, -0.1) is 0 Å². The fourth-order valence-electron chi connectivity index (χ4n) is 3.91. The first-order valence-electron chi connectivity index (χ1n) is 8.16. The molecule has 2 aliphatic heterocycles. The lowest BCUT2D eigenvalue weighted by atomic mass is 9.79. The molecule has 1 spiro atoms. The Kier molecular flexibility index (Phi) is 4.86. The smallest absolute Gasteiger partial charge is 0.396 e. The molecular formula is C17H21F4NO2. The van der Waals surface area contributed by atoms with Gasteiger partial charge in [-0.05, 0) is 50.0 Å². The van der Waals surface area contributed by atoms with Gasteiger partial charge in [-0.2, -0.15) is 13.2 Å². The highest BCUT2D eigenvalue weighted by Crippen LogP contribution is 2.50. The summed E-state index contributed by atoms with van der Waals surface area (Å²) in [6.45, 7) is 0.373. The van der Waals surface area contributed by atoms with Crippen molar-refractivity contribution in [2.45, 2.75) is 43.1 Å². The molecule has 24 heavy (non-hydrogen) atoms. The minimum Gasteiger partial charge on any atom is -0.396 e. The highest BCUT2D eigenvalue weighted by molar-refractivity contribution is 5.25. The Labute approximate surface area is 138 Å². The number of aliphatic hydroxyl groups excluding tert-OH is 1. The van der Waals surface area contributed by atoms with Crippen LogP contribution in [0.3, 0.4) is 0 Å². The number of ether oxygens (including phenoxy) is 1. The Bertz CT molecular complexity index is 555. The lowest BCUT2D eigenvalue weighted by molar-refractivity contribution is -0.224. The Morgan fingerprint density at radius 3 is 2.38 bits per heavy atom. The average Bonchev–Trinajstić information content (AvgIpc) is 2.87. The van der Waals surface area contributed by atoms with Crippen molar-refractivity contribution in [2.75, 3.05) is 19.7 Å². The Hall–Kier alpha value is -1.18. The average molecular weight is 347 g/mol. The maximum atomic E-state index is 13.4.